The number of hydrogen-bond acceptors (Lipinski definition) is 1. The highest BCUT2D eigenvalue weighted by Gasteiger charge is 2.33. The van der Waals surface area contributed by atoms with Crippen molar-refractivity contribution in [3.8, 4) is 11.1 Å². The van der Waals surface area contributed by atoms with Gasteiger partial charge in [-0.3, -0.25) is 4.98 Å². The molecule has 0 aliphatic carbocycles. The van der Waals surface area contributed by atoms with Crippen LogP contribution in [0.3, 0.4) is 0 Å². The first kappa shape index (κ1) is 13.2. The molecule has 2 rings (SSSR count). The molecule has 0 aliphatic rings. The van der Waals surface area contributed by atoms with Crippen LogP contribution in [0.25, 0.3) is 11.1 Å². The largest absolute Gasteiger partial charge is 0.417 e. The van der Waals surface area contributed by atoms with Gasteiger partial charge in [0.2, 0.25) is 0 Å². The summed E-state index contributed by atoms with van der Waals surface area (Å²) in [4.78, 5) is 3.78. The van der Waals surface area contributed by atoms with Crippen LogP contribution in [0.15, 0.2) is 36.7 Å². The van der Waals surface area contributed by atoms with Gasteiger partial charge in [0, 0.05) is 18.0 Å². The van der Waals surface area contributed by atoms with Gasteiger partial charge in [-0.1, -0.05) is 29.3 Å². The summed E-state index contributed by atoms with van der Waals surface area (Å²) in [7, 11) is 0. The lowest BCUT2D eigenvalue weighted by Gasteiger charge is -2.11. The van der Waals surface area contributed by atoms with Crippen molar-refractivity contribution in [1.29, 1.82) is 0 Å². The number of benzene rings is 1. The lowest BCUT2D eigenvalue weighted by molar-refractivity contribution is -0.137. The van der Waals surface area contributed by atoms with E-state index in [1.165, 1.54) is 24.5 Å². The van der Waals surface area contributed by atoms with E-state index in [-0.39, 0.29) is 10.0 Å². The van der Waals surface area contributed by atoms with Gasteiger partial charge < -0.3 is 0 Å². The van der Waals surface area contributed by atoms with Crippen LogP contribution in [-0.4, -0.2) is 4.98 Å². The number of halogens is 5. The first-order chi connectivity index (χ1) is 8.39. The van der Waals surface area contributed by atoms with Gasteiger partial charge >= 0.3 is 6.18 Å². The summed E-state index contributed by atoms with van der Waals surface area (Å²) in [5, 5.41) is -0.0515. The molecule has 18 heavy (non-hydrogen) atoms. The van der Waals surface area contributed by atoms with E-state index in [0.717, 1.165) is 6.07 Å². The predicted octanol–water partition coefficient (Wildman–Crippen LogP) is 5.07. The molecule has 0 aliphatic heterocycles. The number of nitrogens with zero attached hydrogens (tertiary/aromatic N) is 1. The van der Waals surface area contributed by atoms with Gasteiger partial charge in [-0.2, -0.15) is 13.2 Å². The van der Waals surface area contributed by atoms with Crippen LogP contribution in [0.2, 0.25) is 10.0 Å². The molecule has 0 fully saturated rings. The fourth-order valence-electron chi connectivity index (χ4n) is 1.52. The minimum absolute atomic E-state index is 0.285. The number of aromatic nitrogens is 1. The summed E-state index contributed by atoms with van der Waals surface area (Å²) in [6.07, 6.45) is -1.66. The molecule has 0 saturated heterocycles. The molecule has 1 aromatic carbocycles. The van der Waals surface area contributed by atoms with Gasteiger partial charge in [0.15, 0.2) is 0 Å². The smallest absolute Gasteiger partial charge is 0.263 e. The van der Waals surface area contributed by atoms with Crippen LogP contribution < -0.4 is 0 Å². The molecule has 0 bridgehead atoms. The maximum absolute atomic E-state index is 12.7. The topological polar surface area (TPSA) is 12.9 Å². The summed E-state index contributed by atoms with van der Waals surface area (Å²) < 4.78 is 38.1. The first-order valence-corrected chi connectivity index (χ1v) is 5.62. The van der Waals surface area contributed by atoms with Crippen LogP contribution in [-0.2, 0) is 6.18 Å². The Kier molecular flexibility index (Phi) is 3.50. The summed E-state index contributed by atoms with van der Waals surface area (Å²) in [5.74, 6) is 0. The van der Waals surface area contributed by atoms with E-state index < -0.39 is 11.7 Å². The summed E-state index contributed by atoms with van der Waals surface area (Å²) in [5.41, 5.74) is -0.0532. The molecule has 0 unspecified atom stereocenters. The van der Waals surface area contributed by atoms with Crippen molar-refractivity contribution in [2.24, 2.45) is 0 Å². The van der Waals surface area contributed by atoms with Crippen molar-refractivity contribution >= 4 is 23.2 Å². The average molecular weight is 292 g/mol. The molecule has 0 spiro atoms. The Hall–Kier alpha value is -1.26. The standard InChI is InChI=1S/C12H6Cl2F3N/c13-10-2-1-7(5-9(10)12(15,16)17)8-3-4-18-6-11(8)14/h1-6H. The predicted molar refractivity (Wildman–Crippen MR) is 64.7 cm³/mol. The fraction of sp³-hybridized carbons (Fsp3) is 0.0833. The van der Waals surface area contributed by atoms with E-state index in [2.05, 4.69) is 4.98 Å². The summed E-state index contributed by atoms with van der Waals surface area (Å²) in [6.45, 7) is 0. The van der Waals surface area contributed by atoms with E-state index in [0.29, 0.717) is 11.1 Å². The molecule has 0 amide bonds. The second kappa shape index (κ2) is 4.78. The van der Waals surface area contributed by atoms with Crippen molar-refractivity contribution in [1.82, 2.24) is 4.98 Å². The van der Waals surface area contributed by atoms with E-state index in [1.807, 2.05) is 0 Å². The maximum atomic E-state index is 12.7. The highest BCUT2D eigenvalue weighted by molar-refractivity contribution is 6.33. The molecular weight excluding hydrogens is 286 g/mol. The third-order valence-corrected chi connectivity index (χ3v) is 2.99. The summed E-state index contributed by atoms with van der Waals surface area (Å²) in [6, 6.07) is 5.21. The molecule has 0 atom stereocenters. The van der Waals surface area contributed by atoms with Gasteiger partial charge in [-0.05, 0) is 23.8 Å². The maximum Gasteiger partial charge on any atom is 0.417 e. The van der Waals surface area contributed by atoms with E-state index in [9.17, 15) is 13.2 Å². The van der Waals surface area contributed by atoms with Crippen LogP contribution in [0.4, 0.5) is 13.2 Å². The van der Waals surface area contributed by atoms with Crippen molar-refractivity contribution in [3.63, 3.8) is 0 Å². The van der Waals surface area contributed by atoms with Gasteiger partial charge in [0.05, 0.1) is 15.6 Å². The monoisotopic (exact) mass is 291 g/mol. The first-order valence-electron chi connectivity index (χ1n) is 4.86. The molecule has 1 aromatic heterocycles. The van der Waals surface area contributed by atoms with Gasteiger partial charge in [-0.25, -0.2) is 0 Å². The third kappa shape index (κ3) is 2.60. The van der Waals surface area contributed by atoms with Gasteiger partial charge in [0.25, 0.3) is 0 Å². The molecule has 0 saturated carbocycles. The second-order valence-corrected chi connectivity index (χ2v) is 4.36. The minimum atomic E-state index is -4.49. The number of pyridine rings is 1. The quantitative estimate of drug-likeness (QED) is 0.714. The number of rotatable bonds is 1. The molecule has 0 N–H and O–H groups in total. The molecule has 2 aromatic rings. The van der Waals surface area contributed by atoms with Crippen LogP contribution in [0.1, 0.15) is 5.56 Å². The Morgan fingerprint density at radius 3 is 2.33 bits per heavy atom. The Balaban J connectivity index is 2.58. The Labute approximate surface area is 111 Å². The summed E-state index contributed by atoms with van der Waals surface area (Å²) >= 11 is 11.4. The zero-order chi connectivity index (χ0) is 13.3. The molecule has 94 valence electrons. The Morgan fingerprint density at radius 2 is 1.72 bits per heavy atom. The van der Waals surface area contributed by atoms with Crippen LogP contribution in [0, 0.1) is 0 Å². The minimum Gasteiger partial charge on any atom is -0.263 e. The number of alkyl halides is 3. The fourth-order valence-corrected chi connectivity index (χ4v) is 1.97. The zero-order valence-electron chi connectivity index (χ0n) is 8.80. The SMILES string of the molecule is FC(F)(F)c1cc(-c2ccncc2Cl)ccc1Cl. The van der Waals surface area contributed by atoms with Crippen molar-refractivity contribution in [2.75, 3.05) is 0 Å². The van der Waals surface area contributed by atoms with Crippen molar-refractivity contribution < 1.29 is 13.2 Å². The average Bonchev–Trinajstić information content (AvgIpc) is 2.29. The lowest BCUT2D eigenvalue weighted by atomic mass is 10.0. The zero-order valence-corrected chi connectivity index (χ0v) is 10.3. The van der Waals surface area contributed by atoms with E-state index in [4.69, 9.17) is 23.2 Å². The van der Waals surface area contributed by atoms with Crippen molar-refractivity contribution in [2.45, 2.75) is 6.18 Å². The van der Waals surface area contributed by atoms with Gasteiger partial charge in [-0.15, -0.1) is 0 Å². The Morgan fingerprint density at radius 1 is 1.00 bits per heavy atom. The molecule has 6 heteroatoms. The number of hydrogen-bond donors (Lipinski definition) is 0. The second-order valence-electron chi connectivity index (χ2n) is 3.55. The lowest BCUT2D eigenvalue weighted by Crippen LogP contribution is -2.05. The third-order valence-electron chi connectivity index (χ3n) is 2.36. The van der Waals surface area contributed by atoms with Crippen LogP contribution in [0.5, 0.6) is 0 Å². The van der Waals surface area contributed by atoms with Gasteiger partial charge in [0.1, 0.15) is 0 Å². The highest BCUT2D eigenvalue weighted by Crippen LogP contribution is 2.38. The van der Waals surface area contributed by atoms with E-state index >= 15 is 0 Å². The van der Waals surface area contributed by atoms with Crippen LogP contribution >= 0.6 is 23.2 Å². The van der Waals surface area contributed by atoms with Crippen molar-refractivity contribution in [3.05, 3.63) is 52.3 Å². The molecule has 1 heterocycles. The molecule has 1 nitrogen and oxygen atoms in total. The molecular formula is C12H6Cl2F3N. The highest BCUT2D eigenvalue weighted by atomic mass is 35.5. The molecule has 0 radical (unpaired) electrons. The van der Waals surface area contributed by atoms with E-state index in [1.54, 1.807) is 6.07 Å². The normalized spacial score (nSPS) is 11.6. The Bertz CT molecular complexity index is 582.